The summed E-state index contributed by atoms with van der Waals surface area (Å²) in [6.07, 6.45) is 3.23. The Kier molecular flexibility index (Phi) is 6.22. The summed E-state index contributed by atoms with van der Waals surface area (Å²) in [5, 5.41) is 0.556. The van der Waals surface area contributed by atoms with Crippen molar-refractivity contribution < 1.29 is 14.3 Å². The highest BCUT2D eigenvalue weighted by atomic mass is 79.9. The topological polar surface area (TPSA) is 43.4 Å². The van der Waals surface area contributed by atoms with Gasteiger partial charge in [-0.3, -0.25) is 4.79 Å². The fraction of sp³-hybridized carbons (Fsp3) is 0. The minimum absolute atomic E-state index is 0.0826. The Balaban J connectivity index is 1.62. The number of halogens is 2. The fourth-order valence-corrected chi connectivity index (χ4v) is 2.67. The first-order valence-electron chi connectivity index (χ1n) is 8.07. The molecule has 0 aliphatic rings. The third-order valence-electron chi connectivity index (χ3n) is 3.73. The number of rotatable bonds is 5. The molecule has 0 atom stereocenters. The third-order valence-corrected chi connectivity index (χ3v) is 4.51. The molecule has 0 unspecified atom stereocenters. The molecule has 0 amide bonds. The molecule has 0 saturated carbocycles. The zero-order valence-corrected chi connectivity index (χ0v) is 16.4. The minimum Gasteiger partial charge on any atom is -0.423 e. The van der Waals surface area contributed by atoms with Gasteiger partial charge < -0.3 is 4.74 Å². The molecular formula is C22H14BrClO3. The van der Waals surface area contributed by atoms with E-state index in [2.05, 4.69) is 15.9 Å². The van der Waals surface area contributed by atoms with Crippen LogP contribution in [-0.4, -0.2) is 11.8 Å². The summed E-state index contributed by atoms with van der Waals surface area (Å²) in [6, 6.07) is 20.6. The molecule has 0 heterocycles. The summed E-state index contributed by atoms with van der Waals surface area (Å²) in [6.45, 7) is 0. The second-order valence-corrected chi connectivity index (χ2v) is 7.02. The summed E-state index contributed by atoms with van der Waals surface area (Å²) in [5.74, 6) is -0.118. The number of esters is 1. The lowest BCUT2D eigenvalue weighted by atomic mass is 10.1. The van der Waals surface area contributed by atoms with Crippen LogP contribution in [0.25, 0.3) is 6.08 Å². The quantitative estimate of drug-likeness (QED) is 0.204. The van der Waals surface area contributed by atoms with E-state index in [9.17, 15) is 9.59 Å². The monoisotopic (exact) mass is 440 g/mol. The highest BCUT2D eigenvalue weighted by Crippen LogP contribution is 2.17. The molecule has 0 spiro atoms. The molecule has 27 heavy (non-hydrogen) atoms. The summed E-state index contributed by atoms with van der Waals surface area (Å²) in [5.41, 5.74) is 1.86. The third kappa shape index (κ3) is 5.39. The lowest BCUT2D eigenvalue weighted by molar-refractivity contribution is 0.0734. The Hall–Kier alpha value is -2.69. The van der Waals surface area contributed by atoms with Gasteiger partial charge >= 0.3 is 5.97 Å². The first-order chi connectivity index (χ1) is 13.0. The van der Waals surface area contributed by atoms with E-state index >= 15 is 0 Å². The van der Waals surface area contributed by atoms with Crippen molar-refractivity contribution >= 4 is 45.4 Å². The number of carbonyl (C=O) groups excluding carboxylic acids is 2. The van der Waals surface area contributed by atoms with E-state index in [0.717, 1.165) is 10.0 Å². The first kappa shape index (κ1) is 19.1. The molecule has 5 heteroatoms. The summed E-state index contributed by atoms with van der Waals surface area (Å²) >= 11 is 9.15. The van der Waals surface area contributed by atoms with Crippen LogP contribution in [0.5, 0.6) is 5.75 Å². The maximum atomic E-state index is 12.1. The maximum Gasteiger partial charge on any atom is 0.343 e. The lowest BCUT2D eigenvalue weighted by Crippen LogP contribution is -2.08. The van der Waals surface area contributed by atoms with Crippen molar-refractivity contribution in [2.75, 3.05) is 0 Å². The number of hydrogen-bond donors (Lipinski definition) is 0. The van der Waals surface area contributed by atoms with E-state index in [-0.39, 0.29) is 5.78 Å². The van der Waals surface area contributed by atoms with Crippen LogP contribution in [0.15, 0.2) is 83.3 Å². The van der Waals surface area contributed by atoms with Crippen LogP contribution in [0.2, 0.25) is 5.02 Å². The molecule has 0 N–H and O–H groups in total. The number of carbonyl (C=O) groups is 2. The Morgan fingerprint density at radius 3 is 2.04 bits per heavy atom. The van der Waals surface area contributed by atoms with Crippen LogP contribution in [0.3, 0.4) is 0 Å². The standard InChI is InChI=1S/C22H14BrClO3/c23-18-8-4-16(5-9-18)21(25)14-3-15-1-12-20(13-2-15)27-22(26)17-6-10-19(24)11-7-17/h1-14H/b14-3+. The van der Waals surface area contributed by atoms with Crippen LogP contribution in [-0.2, 0) is 0 Å². The van der Waals surface area contributed by atoms with Gasteiger partial charge in [0.15, 0.2) is 5.78 Å². The predicted octanol–water partition coefficient (Wildman–Crippen LogP) is 6.22. The van der Waals surface area contributed by atoms with Crippen LogP contribution in [0, 0.1) is 0 Å². The maximum absolute atomic E-state index is 12.1. The van der Waals surface area contributed by atoms with E-state index in [1.54, 1.807) is 66.7 Å². The highest BCUT2D eigenvalue weighted by molar-refractivity contribution is 9.10. The number of allylic oxidation sites excluding steroid dienone is 1. The minimum atomic E-state index is -0.458. The number of ketones is 1. The van der Waals surface area contributed by atoms with Crippen LogP contribution in [0.1, 0.15) is 26.3 Å². The van der Waals surface area contributed by atoms with Crippen LogP contribution < -0.4 is 4.74 Å². The normalized spacial score (nSPS) is 10.7. The molecule has 0 aliphatic carbocycles. The van der Waals surface area contributed by atoms with Crippen molar-refractivity contribution in [2.24, 2.45) is 0 Å². The smallest absolute Gasteiger partial charge is 0.343 e. The lowest BCUT2D eigenvalue weighted by Gasteiger charge is -2.05. The highest BCUT2D eigenvalue weighted by Gasteiger charge is 2.08. The Morgan fingerprint density at radius 2 is 1.41 bits per heavy atom. The molecule has 0 radical (unpaired) electrons. The van der Waals surface area contributed by atoms with Gasteiger partial charge in [0.2, 0.25) is 0 Å². The molecule has 0 bridgehead atoms. The largest absolute Gasteiger partial charge is 0.423 e. The van der Waals surface area contributed by atoms with Gasteiger partial charge in [0.05, 0.1) is 5.56 Å². The zero-order chi connectivity index (χ0) is 19.2. The van der Waals surface area contributed by atoms with Crippen molar-refractivity contribution in [1.29, 1.82) is 0 Å². The molecule has 3 aromatic carbocycles. The summed E-state index contributed by atoms with van der Waals surface area (Å²) < 4.78 is 6.25. The summed E-state index contributed by atoms with van der Waals surface area (Å²) in [7, 11) is 0. The Bertz CT molecular complexity index is 976. The molecular weight excluding hydrogens is 428 g/mol. The van der Waals surface area contributed by atoms with Crippen molar-refractivity contribution in [3.63, 3.8) is 0 Å². The fourth-order valence-electron chi connectivity index (χ4n) is 2.28. The van der Waals surface area contributed by atoms with E-state index in [1.807, 2.05) is 12.1 Å². The van der Waals surface area contributed by atoms with Crippen LogP contribution in [0.4, 0.5) is 0 Å². The van der Waals surface area contributed by atoms with Crippen molar-refractivity contribution in [1.82, 2.24) is 0 Å². The average Bonchev–Trinajstić information content (AvgIpc) is 2.68. The van der Waals surface area contributed by atoms with Crippen LogP contribution >= 0.6 is 27.5 Å². The zero-order valence-electron chi connectivity index (χ0n) is 14.1. The molecule has 0 fully saturated rings. The van der Waals surface area contributed by atoms with Gasteiger partial charge in [0.1, 0.15) is 5.75 Å². The molecule has 3 nitrogen and oxygen atoms in total. The van der Waals surface area contributed by atoms with Gasteiger partial charge in [-0.05, 0) is 72.3 Å². The van der Waals surface area contributed by atoms with Gasteiger partial charge in [0, 0.05) is 15.1 Å². The van der Waals surface area contributed by atoms with E-state index in [0.29, 0.717) is 21.9 Å². The van der Waals surface area contributed by atoms with Gasteiger partial charge in [0.25, 0.3) is 0 Å². The molecule has 0 aromatic heterocycles. The molecule has 3 rings (SSSR count). The van der Waals surface area contributed by atoms with Gasteiger partial charge in [-0.2, -0.15) is 0 Å². The van der Waals surface area contributed by atoms with Gasteiger partial charge in [-0.1, -0.05) is 45.7 Å². The Morgan fingerprint density at radius 1 is 0.815 bits per heavy atom. The molecule has 134 valence electrons. The molecule has 0 saturated heterocycles. The predicted molar refractivity (Wildman–Crippen MR) is 110 cm³/mol. The summed E-state index contributed by atoms with van der Waals surface area (Å²) in [4.78, 5) is 24.2. The van der Waals surface area contributed by atoms with Gasteiger partial charge in [-0.15, -0.1) is 0 Å². The average molecular weight is 442 g/mol. The van der Waals surface area contributed by atoms with Crippen molar-refractivity contribution in [2.45, 2.75) is 0 Å². The van der Waals surface area contributed by atoms with E-state index in [1.165, 1.54) is 6.08 Å². The van der Waals surface area contributed by atoms with Crippen molar-refractivity contribution in [3.8, 4) is 5.75 Å². The second-order valence-electron chi connectivity index (χ2n) is 5.67. The van der Waals surface area contributed by atoms with Gasteiger partial charge in [-0.25, -0.2) is 4.79 Å². The van der Waals surface area contributed by atoms with Crippen molar-refractivity contribution in [3.05, 3.63) is 105 Å². The first-order valence-corrected chi connectivity index (χ1v) is 9.24. The molecule has 3 aromatic rings. The van der Waals surface area contributed by atoms with E-state index < -0.39 is 5.97 Å². The molecule has 0 aliphatic heterocycles. The SMILES string of the molecule is O=C(/C=C/c1ccc(OC(=O)c2ccc(Cl)cc2)cc1)c1ccc(Br)cc1. The second kappa shape index (κ2) is 8.80. The number of benzene rings is 3. The number of hydrogen-bond acceptors (Lipinski definition) is 3. The Labute approximate surface area is 170 Å². The number of ether oxygens (including phenoxy) is 1. The van der Waals surface area contributed by atoms with E-state index in [4.69, 9.17) is 16.3 Å².